The Bertz CT molecular complexity index is 883. The van der Waals surface area contributed by atoms with Crippen LogP contribution in [0, 0.1) is 0 Å². The first kappa shape index (κ1) is 17.8. The third-order valence-electron chi connectivity index (χ3n) is 3.81. The minimum absolute atomic E-state index is 0.346. The average Bonchev–Trinajstić information content (AvgIpc) is 3.06. The second-order valence-corrected chi connectivity index (χ2v) is 7.04. The van der Waals surface area contributed by atoms with Gasteiger partial charge in [-0.25, -0.2) is 9.48 Å². The van der Waals surface area contributed by atoms with Gasteiger partial charge in [-0.1, -0.05) is 35.5 Å². The summed E-state index contributed by atoms with van der Waals surface area (Å²) < 4.78 is 7.15. The third kappa shape index (κ3) is 3.79. The van der Waals surface area contributed by atoms with E-state index in [1.54, 1.807) is 24.0 Å². The van der Waals surface area contributed by atoms with E-state index in [9.17, 15) is 4.79 Å². The molecular weight excluding hydrogens is 328 g/mol. The zero-order chi connectivity index (χ0) is 18.7. The molecule has 1 atom stereocenters. The van der Waals surface area contributed by atoms with Crippen LogP contribution in [0.2, 0.25) is 0 Å². The highest BCUT2D eigenvalue weighted by molar-refractivity contribution is 5.80. The van der Waals surface area contributed by atoms with Crippen molar-refractivity contribution in [3.8, 4) is 22.5 Å². The molecule has 0 N–H and O–H groups in total. The summed E-state index contributed by atoms with van der Waals surface area (Å²) in [6, 6.07) is 12.9. The van der Waals surface area contributed by atoms with Crippen molar-refractivity contribution in [1.82, 2.24) is 20.0 Å². The zero-order valence-corrected chi connectivity index (χ0v) is 15.4. The molecule has 26 heavy (non-hydrogen) atoms. The molecule has 2 aromatic heterocycles. The highest BCUT2D eigenvalue weighted by Crippen LogP contribution is 2.32. The van der Waals surface area contributed by atoms with Crippen molar-refractivity contribution in [2.75, 3.05) is 0 Å². The van der Waals surface area contributed by atoms with Crippen molar-refractivity contribution in [3.63, 3.8) is 0 Å². The number of nitrogens with zero attached hydrogens (tertiary/aromatic N) is 4. The Labute approximate surface area is 152 Å². The van der Waals surface area contributed by atoms with Crippen molar-refractivity contribution in [3.05, 3.63) is 54.9 Å². The molecular formula is C20H22N4O2. The summed E-state index contributed by atoms with van der Waals surface area (Å²) in [5.74, 6) is -0.346. The fraction of sp³-hybridized carbons (Fsp3) is 0.300. The van der Waals surface area contributed by atoms with E-state index in [4.69, 9.17) is 4.74 Å². The lowest BCUT2D eigenvalue weighted by atomic mass is 10.1. The van der Waals surface area contributed by atoms with Crippen LogP contribution in [0.15, 0.2) is 54.9 Å². The molecule has 0 aliphatic rings. The standard InChI is InChI=1S/C20H22N4O2/c1-14(19(25)26-20(2,3)4)24-18(16-8-6-5-7-9-16)17(22-23-24)15-10-12-21-13-11-15/h5-14H,1-4H3. The van der Waals surface area contributed by atoms with Gasteiger partial charge in [0.05, 0.1) is 5.69 Å². The summed E-state index contributed by atoms with van der Waals surface area (Å²) in [4.78, 5) is 16.6. The Morgan fingerprint density at radius 2 is 1.69 bits per heavy atom. The second kappa shape index (κ2) is 7.07. The number of hydrogen-bond acceptors (Lipinski definition) is 5. The van der Waals surface area contributed by atoms with Crippen molar-refractivity contribution in [2.24, 2.45) is 0 Å². The van der Waals surface area contributed by atoms with Crippen LogP contribution in [0.5, 0.6) is 0 Å². The number of ether oxygens (including phenoxy) is 1. The van der Waals surface area contributed by atoms with Crippen LogP contribution in [0.3, 0.4) is 0 Å². The molecule has 2 heterocycles. The van der Waals surface area contributed by atoms with E-state index in [2.05, 4.69) is 15.3 Å². The monoisotopic (exact) mass is 350 g/mol. The molecule has 134 valence electrons. The molecule has 1 unspecified atom stereocenters. The smallest absolute Gasteiger partial charge is 0.331 e. The molecule has 3 rings (SSSR count). The topological polar surface area (TPSA) is 69.9 Å². The molecule has 6 nitrogen and oxygen atoms in total. The molecule has 0 aliphatic heterocycles. The summed E-state index contributed by atoms with van der Waals surface area (Å²) in [6.45, 7) is 7.31. The minimum Gasteiger partial charge on any atom is -0.458 e. The molecule has 1 aromatic carbocycles. The Kier molecular flexibility index (Phi) is 4.84. The zero-order valence-electron chi connectivity index (χ0n) is 15.4. The van der Waals surface area contributed by atoms with E-state index >= 15 is 0 Å². The molecule has 3 aromatic rings. The molecule has 0 fully saturated rings. The third-order valence-corrected chi connectivity index (χ3v) is 3.81. The molecule has 0 radical (unpaired) electrons. The lowest BCUT2D eigenvalue weighted by Crippen LogP contribution is -2.29. The number of rotatable bonds is 4. The van der Waals surface area contributed by atoms with Gasteiger partial charge < -0.3 is 4.74 Å². The number of esters is 1. The van der Waals surface area contributed by atoms with Crippen molar-refractivity contribution >= 4 is 5.97 Å². The summed E-state index contributed by atoms with van der Waals surface area (Å²) in [5, 5.41) is 8.61. The van der Waals surface area contributed by atoms with Gasteiger partial charge in [0.25, 0.3) is 0 Å². The molecule has 0 saturated carbocycles. The molecule has 0 aliphatic carbocycles. The number of benzene rings is 1. The van der Waals surface area contributed by atoms with E-state index in [1.807, 2.05) is 63.2 Å². The maximum absolute atomic E-state index is 12.6. The molecule has 0 amide bonds. The Morgan fingerprint density at radius 1 is 1.04 bits per heavy atom. The van der Waals surface area contributed by atoms with Gasteiger partial charge in [-0.05, 0) is 39.8 Å². The van der Waals surface area contributed by atoms with Gasteiger partial charge in [0.1, 0.15) is 17.3 Å². The van der Waals surface area contributed by atoms with Gasteiger partial charge in [-0.15, -0.1) is 5.10 Å². The van der Waals surface area contributed by atoms with Crippen LogP contribution in [0.25, 0.3) is 22.5 Å². The van der Waals surface area contributed by atoms with Crippen LogP contribution in [-0.2, 0) is 9.53 Å². The normalized spacial score (nSPS) is 12.6. The van der Waals surface area contributed by atoms with Gasteiger partial charge in [0.15, 0.2) is 0 Å². The SMILES string of the molecule is CC(C(=O)OC(C)(C)C)n1nnc(-c2ccncc2)c1-c1ccccc1. The van der Waals surface area contributed by atoms with Crippen LogP contribution in [0.4, 0.5) is 0 Å². The Balaban J connectivity index is 2.09. The number of carbonyl (C=O) groups excluding carboxylic acids is 1. The fourth-order valence-corrected chi connectivity index (χ4v) is 2.62. The molecule has 0 bridgehead atoms. The summed E-state index contributed by atoms with van der Waals surface area (Å²) in [5.41, 5.74) is 2.73. The van der Waals surface area contributed by atoms with Gasteiger partial charge in [0, 0.05) is 23.5 Å². The van der Waals surface area contributed by atoms with Gasteiger partial charge in [-0.2, -0.15) is 0 Å². The average molecular weight is 350 g/mol. The number of aromatic nitrogens is 4. The quantitative estimate of drug-likeness (QED) is 0.667. The Morgan fingerprint density at radius 3 is 2.31 bits per heavy atom. The van der Waals surface area contributed by atoms with E-state index in [-0.39, 0.29) is 5.97 Å². The summed E-state index contributed by atoms with van der Waals surface area (Å²) >= 11 is 0. The summed E-state index contributed by atoms with van der Waals surface area (Å²) in [7, 11) is 0. The first-order chi connectivity index (χ1) is 12.4. The number of hydrogen-bond donors (Lipinski definition) is 0. The maximum atomic E-state index is 12.6. The van der Waals surface area contributed by atoms with E-state index in [0.717, 1.165) is 16.8 Å². The number of pyridine rings is 1. The first-order valence-electron chi connectivity index (χ1n) is 8.50. The van der Waals surface area contributed by atoms with Gasteiger partial charge in [-0.3, -0.25) is 4.98 Å². The molecule has 6 heteroatoms. The lowest BCUT2D eigenvalue weighted by Gasteiger charge is -2.23. The van der Waals surface area contributed by atoms with E-state index in [1.165, 1.54) is 0 Å². The minimum atomic E-state index is -0.604. The van der Waals surface area contributed by atoms with Gasteiger partial charge >= 0.3 is 5.97 Å². The molecule has 0 spiro atoms. The lowest BCUT2D eigenvalue weighted by molar-refractivity contribution is -0.158. The second-order valence-electron chi connectivity index (χ2n) is 7.04. The van der Waals surface area contributed by atoms with E-state index in [0.29, 0.717) is 5.69 Å². The predicted molar refractivity (Wildman–Crippen MR) is 99.2 cm³/mol. The van der Waals surface area contributed by atoms with Gasteiger partial charge in [0.2, 0.25) is 0 Å². The van der Waals surface area contributed by atoms with Crippen molar-refractivity contribution in [2.45, 2.75) is 39.3 Å². The van der Waals surface area contributed by atoms with Crippen LogP contribution in [-0.4, -0.2) is 31.5 Å². The summed E-state index contributed by atoms with van der Waals surface area (Å²) in [6.07, 6.45) is 3.42. The first-order valence-corrected chi connectivity index (χ1v) is 8.50. The molecule has 0 saturated heterocycles. The predicted octanol–water partition coefficient (Wildman–Crippen LogP) is 3.91. The highest BCUT2D eigenvalue weighted by Gasteiger charge is 2.28. The van der Waals surface area contributed by atoms with E-state index < -0.39 is 11.6 Å². The van der Waals surface area contributed by atoms with Crippen molar-refractivity contribution < 1.29 is 9.53 Å². The maximum Gasteiger partial charge on any atom is 0.331 e. The van der Waals surface area contributed by atoms with Crippen LogP contribution in [0.1, 0.15) is 33.7 Å². The highest BCUT2D eigenvalue weighted by atomic mass is 16.6. The fourth-order valence-electron chi connectivity index (χ4n) is 2.62. The van der Waals surface area contributed by atoms with Crippen LogP contribution < -0.4 is 0 Å². The number of carbonyl (C=O) groups is 1. The largest absolute Gasteiger partial charge is 0.458 e. The Hall–Kier alpha value is -3.02. The van der Waals surface area contributed by atoms with Crippen molar-refractivity contribution in [1.29, 1.82) is 0 Å². The van der Waals surface area contributed by atoms with Crippen LogP contribution >= 0.6 is 0 Å².